The molecule has 9 nitrogen and oxygen atoms in total. The summed E-state index contributed by atoms with van der Waals surface area (Å²) in [6, 6.07) is 11.1. The lowest BCUT2D eigenvalue weighted by molar-refractivity contribution is 0.0894. The molecule has 1 aliphatic rings. The first kappa shape index (κ1) is 23.1. The lowest BCUT2D eigenvalue weighted by Gasteiger charge is -2.49. The Balaban J connectivity index is 1.58. The van der Waals surface area contributed by atoms with Crippen molar-refractivity contribution in [3.05, 3.63) is 53.7 Å². The molecule has 4 aromatic rings. The van der Waals surface area contributed by atoms with E-state index in [1.807, 2.05) is 23.6 Å². The van der Waals surface area contributed by atoms with Gasteiger partial charge in [0.25, 0.3) is 5.78 Å². The lowest BCUT2D eigenvalue weighted by atomic mass is 9.95. The Bertz CT molecular complexity index is 1370. The molecule has 0 spiro atoms. The molecule has 35 heavy (non-hydrogen) atoms. The van der Waals surface area contributed by atoms with Gasteiger partial charge < -0.3 is 4.90 Å². The van der Waals surface area contributed by atoms with Crippen molar-refractivity contribution in [2.45, 2.75) is 65.1 Å². The maximum atomic E-state index is 9.51. The van der Waals surface area contributed by atoms with Gasteiger partial charge in [-0.2, -0.15) is 10.2 Å². The molecule has 0 bridgehead atoms. The first-order valence-corrected chi connectivity index (χ1v) is 12.4. The number of aromatic nitrogens is 6. The highest BCUT2D eigenvalue weighted by Crippen LogP contribution is 2.35. The largest absolute Gasteiger partial charge is 0.349 e. The monoisotopic (exact) mass is 469 g/mol. The average Bonchev–Trinajstić information content (AvgIpc) is 3.38. The van der Waals surface area contributed by atoms with E-state index in [1.165, 1.54) is 5.56 Å². The highest BCUT2D eigenvalue weighted by Gasteiger charge is 2.37. The molecule has 0 unspecified atom stereocenters. The van der Waals surface area contributed by atoms with Crippen LogP contribution in [-0.4, -0.2) is 59.6 Å². The van der Waals surface area contributed by atoms with Gasteiger partial charge in [0.05, 0.1) is 5.52 Å². The Morgan fingerprint density at radius 3 is 2.57 bits per heavy atom. The summed E-state index contributed by atoms with van der Waals surface area (Å²) in [5.41, 5.74) is 4.26. The molecule has 0 saturated carbocycles. The number of hydrogen-bond acceptors (Lipinski definition) is 8. The van der Waals surface area contributed by atoms with Crippen LogP contribution in [0.1, 0.15) is 63.0 Å². The molecule has 5 rings (SSSR count). The van der Waals surface area contributed by atoms with Crippen molar-refractivity contribution in [1.29, 1.82) is 5.26 Å². The Kier molecular flexibility index (Phi) is 6.31. The minimum atomic E-state index is 0.249. The highest BCUT2D eigenvalue weighted by atomic mass is 15.4. The predicted octanol–water partition coefficient (Wildman–Crippen LogP) is 4.08. The van der Waals surface area contributed by atoms with Crippen molar-refractivity contribution < 1.29 is 0 Å². The van der Waals surface area contributed by atoms with Crippen molar-refractivity contribution in [2.75, 3.05) is 18.0 Å². The summed E-state index contributed by atoms with van der Waals surface area (Å²) in [6.45, 7) is 10.5. The van der Waals surface area contributed by atoms with Crippen LogP contribution in [0.2, 0.25) is 0 Å². The van der Waals surface area contributed by atoms with Crippen LogP contribution < -0.4 is 4.90 Å². The molecule has 4 aromatic heterocycles. The van der Waals surface area contributed by atoms with Crippen LogP contribution in [-0.2, 0) is 0 Å². The number of piperazine rings is 1. The smallest absolute Gasteiger partial charge is 0.257 e. The molecule has 180 valence electrons. The predicted molar refractivity (Wildman–Crippen MR) is 135 cm³/mol. The Hall–Kier alpha value is -3.64. The number of pyridine rings is 2. The number of anilines is 1. The van der Waals surface area contributed by atoms with Crippen LogP contribution in [0.15, 0.2) is 36.8 Å². The number of aryl methyl sites for hydroxylation is 1. The second-order valence-corrected chi connectivity index (χ2v) is 9.24. The molecule has 5 heterocycles. The van der Waals surface area contributed by atoms with Gasteiger partial charge in [0.15, 0.2) is 5.82 Å². The first-order valence-electron chi connectivity index (χ1n) is 12.4. The summed E-state index contributed by atoms with van der Waals surface area (Å²) in [6.07, 6.45) is 6.69. The summed E-state index contributed by atoms with van der Waals surface area (Å²) in [7, 11) is 0. The SMILES string of the molecule is CC[C@H]1CN([C@H](CC)c2ccc(C)nc2)[C@H](CC)CN1c1nc2nncn2c2ccc(C#N)nc12. The summed E-state index contributed by atoms with van der Waals surface area (Å²) < 4.78 is 1.83. The Morgan fingerprint density at radius 1 is 1.06 bits per heavy atom. The number of nitrogens with zero attached hydrogens (tertiary/aromatic N) is 9. The van der Waals surface area contributed by atoms with Crippen molar-refractivity contribution >= 4 is 22.6 Å². The topological polar surface area (TPSA) is 99.1 Å². The van der Waals surface area contributed by atoms with E-state index in [2.05, 4.69) is 68.9 Å². The third-order valence-corrected chi connectivity index (χ3v) is 7.25. The second-order valence-electron chi connectivity index (χ2n) is 9.24. The molecule has 0 aliphatic carbocycles. The second kappa shape index (κ2) is 9.55. The van der Waals surface area contributed by atoms with E-state index in [9.17, 15) is 5.26 Å². The summed E-state index contributed by atoms with van der Waals surface area (Å²) in [5, 5.41) is 17.8. The minimum Gasteiger partial charge on any atom is -0.349 e. The maximum absolute atomic E-state index is 9.51. The molecule has 0 amide bonds. The molecule has 0 N–H and O–H groups in total. The van der Waals surface area contributed by atoms with Crippen molar-refractivity contribution in [3.8, 4) is 6.07 Å². The zero-order chi connectivity index (χ0) is 24.5. The molecule has 3 atom stereocenters. The molecule has 1 aliphatic heterocycles. The molecule has 0 aromatic carbocycles. The number of fused-ring (bicyclic) bond motifs is 3. The lowest BCUT2D eigenvalue weighted by Crippen LogP contribution is -2.59. The normalized spacial score (nSPS) is 19.8. The Morgan fingerprint density at radius 2 is 1.89 bits per heavy atom. The van der Waals surface area contributed by atoms with E-state index < -0.39 is 0 Å². The fraction of sp³-hybridized carbons (Fsp3) is 0.462. The number of rotatable bonds is 6. The zero-order valence-electron chi connectivity index (χ0n) is 20.8. The van der Waals surface area contributed by atoms with E-state index in [-0.39, 0.29) is 6.04 Å². The standard InChI is InChI=1S/C26H31N9/c1-5-20-15-34(21(6-2)14-33(20)22(7-3)18-9-8-17(4)28-13-18)25-24-23(11-10-19(12-27)30-24)35-16-29-32-26(35)31-25/h8-11,13,16,20-22H,5-7,14-15H2,1-4H3/t20-,21+,22-/m1/s1. The van der Waals surface area contributed by atoms with Crippen LogP contribution in [0.3, 0.4) is 0 Å². The maximum Gasteiger partial charge on any atom is 0.257 e. The van der Waals surface area contributed by atoms with Crippen molar-refractivity contribution in [3.63, 3.8) is 0 Å². The summed E-state index contributed by atoms with van der Waals surface area (Å²) >= 11 is 0. The van der Waals surface area contributed by atoms with E-state index in [4.69, 9.17) is 4.98 Å². The third-order valence-electron chi connectivity index (χ3n) is 7.25. The van der Waals surface area contributed by atoms with Crippen LogP contribution in [0.5, 0.6) is 0 Å². The van der Waals surface area contributed by atoms with Gasteiger partial charge in [-0.1, -0.05) is 26.8 Å². The minimum absolute atomic E-state index is 0.249. The van der Waals surface area contributed by atoms with Crippen molar-refractivity contribution in [2.24, 2.45) is 0 Å². The van der Waals surface area contributed by atoms with Gasteiger partial charge in [0, 0.05) is 43.1 Å². The Labute approximate surface area is 205 Å². The first-order chi connectivity index (χ1) is 17.1. The van der Waals surface area contributed by atoms with Gasteiger partial charge >= 0.3 is 0 Å². The molecule has 1 saturated heterocycles. The average molecular weight is 470 g/mol. The van der Waals surface area contributed by atoms with Gasteiger partial charge in [-0.3, -0.25) is 14.3 Å². The van der Waals surface area contributed by atoms with Crippen LogP contribution >= 0.6 is 0 Å². The third kappa shape index (κ3) is 4.08. The van der Waals surface area contributed by atoms with Gasteiger partial charge in [-0.25, -0.2) is 4.98 Å². The van der Waals surface area contributed by atoms with E-state index in [0.29, 0.717) is 29.1 Å². The van der Waals surface area contributed by atoms with Gasteiger partial charge in [0.2, 0.25) is 0 Å². The summed E-state index contributed by atoms with van der Waals surface area (Å²) in [5.74, 6) is 1.33. The van der Waals surface area contributed by atoms with Crippen LogP contribution in [0.25, 0.3) is 16.8 Å². The molecule has 1 fully saturated rings. The van der Waals surface area contributed by atoms with E-state index >= 15 is 0 Å². The number of hydrogen-bond donors (Lipinski definition) is 0. The molecular weight excluding hydrogens is 438 g/mol. The quantitative estimate of drug-likeness (QED) is 0.417. The van der Waals surface area contributed by atoms with Crippen LogP contribution in [0, 0.1) is 18.3 Å². The van der Waals surface area contributed by atoms with Gasteiger partial charge in [-0.05, 0) is 49.9 Å². The molecule has 9 heteroatoms. The van der Waals surface area contributed by atoms with Crippen LogP contribution in [0.4, 0.5) is 5.82 Å². The zero-order valence-corrected chi connectivity index (χ0v) is 20.8. The van der Waals surface area contributed by atoms with Gasteiger partial charge in [0.1, 0.15) is 23.6 Å². The fourth-order valence-electron chi connectivity index (χ4n) is 5.36. The fourth-order valence-corrected chi connectivity index (χ4v) is 5.36. The van der Waals surface area contributed by atoms with E-state index in [1.54, 1.807) is 12.4 Å². The highest BCUT2D eigenvalue weighted by molar-refractivity contribution is 5.88. The summed E-state index contributed by atoms with van der Waals surface area (Å²) in [4.78, 5) is 19.2. The molecule has 0 radical (unpaired) electrons. The van der Waals surface area contributed by atoms with Gasteiger partial charge in [-0.15, -0.1) is 10.2 Å². The van der Waals surface area contributed by atoms with Crippen molar-refractivity contribution in [1.82, 2.24) is 34.4 Å². The van der Waals surface area contributed by atoms with E-state index in [0.717, 1.165) is 49.4 Å². The molecular formula is C26H31N9. The number of nitriles is 1.